The summed E-state index contributed by atoms with van der Waals surface area (Å²) in [4.78, 5) is 0. The van der Waals surface area contributed by atoms with Crippen LogP contribution in [0, 0.1) is 17.2 Å². The van der Waals surface area contributed by atoms with Gasteiger partial charge in [-0.25, -0.2) is 0 Å². The molecular weight excluding hydrogens is 230 g/mol. The average molecular weight is 247 g/mol. The lowest BCUT2D eigenvalue weighted by molar-refractivity contribution is 0.00840. The fourth-order valence-electron chi connectivity index (χ4n) is 1.57. The van der Waals surface area contributed by atoms with Gasteiger partial charge in [-0.2, -0.15) is 5.26 Å². The summed E-state index contributed by atoms with van der Waals surface area (Å²) >= 11 is 0. The lowest BCUT2D eigenvalue weighted by atomic mass is 10.2. The molecule has 0 spiro atoms. The van der Waals surface area contributed by atoms with Crippen LogP contribution in [0.1, 0.15) is 25.3 Å². The quantitative estimate of drug-likeness (QED) is 0.549. The van der Waals surface area contributed by atoms with Crippen molar-refractivity contribution in [3.63, 3.8) is 0 Å². The van der Waals surface area contributed by atoms with Crippen molar-refractivity contribution in [3.05, 3.63) is 23.8 Å². The van der Waals surface area contributed by atoms with Gasteiger partial charge in [0.15, 0.2) is 18.3 Å². The van der Waals surface area contributed by atoms with Gasteiger partial charge in [0.1, 0.15) is 0 Å². The molecular formula is C14H17NO3. The molecule has 0 saturated heterocycles. The summed E-state index contributed by atoms with van der Waals surface area (Å²) in [6.07, 6.45) is 2.53. The van der Waals surface area contributed by atoms with Crippen LogP contribution in [-0.2, 0) is 4.74 Å². The Kier molecular flexibility index (Phi) is 4.43. The number of nitriles is 1. The largest absolute Gasteiger partial charge is 0.490 e. The van der Waals surface area contributed by atoms with Gasteiger partial charge in [0.25, 0.3) is 0 Å². The lowest BCUT2D eigenvalue weighted by Gasteiger charge is -2.12. The number of hydrogen-bond donors (Lipinski definition) is 0. The molecule has 0 bridgehead atoms. The van der Waals surface area contributed by atoms with Crippen molar-refractivity contribution in [1.29, 1.82) is 5.26 Å². The van der Waals surface area contributed by atoms with Crippen LogP contribution in [0.3, 0.4) is 0 Å². The molecule has 2 rings (SSSR count). The Balaban J connectivity index is 1.90. The SMILES string of the molecule is CCOc1cc(C#N)ccc1OCOCC1CC1. The number of rotatable bonds is 7. The van der Waals surface area contributed by atoms with Crippen LogP contribution in [0.2, 0.25) is 0 Å². The predicted octanol–water partition coefficient (Wildman–Crippen LogP) is 2.72. The molecule has 4 nitrogen and oxygen atoms in total. The van der Waals surface area contributed by atoms with Crippen LogP contribution in [0.4, 0.5) is 0 Å². The fourth-order valence-corrected chi connectivity index (χ4v) is 1.57. The number of ether oxygens (including phenoxy) is 3. The zero-order valence-corrected chi connectivity index (χ0v) is 10.5. The molecule has 0 aromatic heterocycles. The zero-order valence-electron chi connectivity index (χ0n) is 10.5. The summed E-state index contributed by atoms with van der Waals surface area (Å²) in [5.41, 5.74) is 0.560. The molecule has 1 aliphatic carbocycles. The summed E-state index contributed by atoms with van der Waals surface area (Å²) in [5.74, 6) is 1.93. The van der Waals surface area contributed by atoms with Crippen molar-refractivity contribution in [2.45, 2.75) is 19.8 Å². The van der Waals surface area contributed by atoms with Gasteiger partial charge in [0, 0.05) is 6.07 Å². The van der Waals surface area contributed by atoms with Crippen molar-refractivity contribution >= 4 is 0 Å². The second kappa shape index (κ2) is 6.27. The summed E-state index contributed by atoms with van der Waals surface area (Å²) in [5, 5.41) is 8.83. The maximum absolute atomic E-state index is 8.83. The van der Waals surface area contributed by atoms with Crippen molar-refractivity contribution in [2.24, 2.45) is 5.92 Å². The summed E-state index contributed by atoms with van der Waals surface area (Å²) in [6.45, 7) is 3.42. The van der Waals surface area contributed by atoms with E-state index in [4.69, 9.17) is 19.5 Å². The third kappa shape index (κ3) is 3.64. The Morgan fingerprint density at radius 1 is 1.28 bits per heavy atom. The molecule has 0 heterocycles. The highest BCUT2D eigenvalue weighted by Crippen LogP contribution is 2.30. The van der Waals surface area contributed by atoms with Gasteiger partial charge in [-0.3, -0.25) is 0 Å². The molecule has 1 saturated carbocycles. The highest BCUT2D eigenvalue weighted by Gasteiger charge is 2.21. The molecule has 1 fully saturated rings. The summed E-state index contributed by atoms with van der Waals surface area (Å²) in [7, 11) is 0. The van der Waals surface area contributed by atoms with E-state index in [9.17, 15) is 0 Å². The van der Waals surface area contributed by atoms with E-state index >= 15 is 0 Å². The van der Waals surface area contributed by atoms with Gasteiger partial charge in [-0.05, 0) is 37.8 Å². The van der Waals surface area contributed by atoms with E-state index in [0.29, 0.717) is 23.7 Å². The standard InChI is InChI=1S/C14H17NO3/c1-2-17-14-7-12(8-15)5-6-13(14)18-10-16-9-11-3-4-11/h5-7,11H,2-4,9-10H2,1H3. The minimum absolute atomic E-state index is 0.225. The molecule has 0 aliphatic heterocycles. The highest BCUT2D eigenvalue weighted by molar-refractivity contribution is 5.46. The smallest absolute Gasteiger partial charge is 0.189 e. The third-order valence-electron chi connectivity index (χ3n) is 2.72. The highest BCUT2D eigenvalue weighted by atomic mass is 16.7. The Morgan fingerprint density at radius 3 is 2.78 bits per heavy atom. The summed E-state index contributed by atoms with van der Waals surface area (Å²) in [6, 6.07) is 7.20. The minimum atomic E-state index is 0.225. The van der Waals surface area contributed by atoms with Crippen molar-refractivity contribution in [2.75, 3.05) is 20.0 Å². The average Bonchev–Trinajstić information content (AvgIpc) is 3.20. The molecule has 0 radical (unpaired) electrons. The van der Waals surface area contributed by atoms with Gasteiger partial charge in [-0.1, -0.05) is 0 Å². The van der Waals surface area contributed by atoms with E-state index in [1.165, 1.54) is 12.8 Å². The predicted molar refractivity (Wildman–Crippen MR) is 66.5 cm³/mol. The van der Waals surface area contributed by atoms with E-state index in [1.807, 2.05) is 6.92 Å². The van der Waals surface area contributed by atoms with E-state index in [2.05, 4.69) is 6.07 Å². The normalized spacial score (nSPS) is 14.0. The second-order valence-corrected chi connectivity index (χ2v) is 4.28. The van der Waals surface area contributed by atoms with Crippen LogP contribution >= 0.6 is 0 Å². The maximum atomic E-state index is 8.83. The number of nitrogens with zero attached hydrogens (tertiary/aromatic N) is 1. The van der Waals surface area contributed by atoms with E-state index in [0.717, 1.165) is 12.5 Å². The molecule has 0 N–H and O–H groups in total. The summed E-state index contributed by atoms with van der Waals surface area (Å²) < 4.78 is 16.4. The van der Waals surface area contributed by atoms with E-state index < -0.39 is 0 Å². The molecule has 1 aromatic carbocycles. The molecule has 18 heavy (non-hydrogen) atoms. The van der Waals surface area contributed by atoms with Crippen LogP contribution in [0.25, 0.3) is 0 Å². The first-order valence-corrected chi connectivity index (χ1v) is 6.21. The van der Waals surface area contributed by atoms with Crippen LogP contribution in [0.5, 0.6) is 11.5 Å². The fraction of sp³-hybridized carbons (Fsp3) is 0.500. The number of benzene rings is 1. The van der Waals surface area contributed by atoms with Crippen molar-refractivity contribution in [3.8, 4) is 17.6 Å². The van der Waals surface area contributed by atoms with Gasteiger partial charge in [-0.15, -0.1) is 0 Å². The molecule has 0 atom stereocenters. The first-order chi connectivity index (χ1) is 8.83. The zero-order chi connectivity index (χ0) is 12.8. The van der Waals surface area contributed by atoms with Crippen LogP contribution < -0.4 is 9.47 Å². The maximum Gasteiger partial charge on any atom is 0.189 e. The van der Waals surface area contributed by atoms with Gasteiger partial charge in [0.2, 0.25) is 0 Å². The van der Waals surface area contributed by atoms with E-state index in [1.54, 1.807) is 18.2 Å². The number of hydrogen-bond acceptors (Lipinski definition) is 4. The van der Waals surface area contributed by atoms with Gasteiger partial charge < -0.3 is 14.2 Å². The third-order valence-corrected chi connectivity index (χ3v) is 2.72. The van der Waals surface area contributed by atoms with Crippen molar-refractivity contribution in [1.82, 2.24) is 0 Å². The van der Waals surface area contributed by atoms with E-state index in [-0.39, 0.29) is 6.79 Å². The molecule has 1 aliphatic rings. The first-order valence-electron chi connectivity index (χ1n) is 6.21. The lowest BCUT2D eigenvalue weighted by Crippen LogP contribution is -2.06. The minimum Gasteiger partial charge on any atom is -0.490 e. The first kappa shape index (κ1) is 12.7. The van der Waals surface area contributed by atoms with Gasteiger partial charge >= 0.3 is 0 Å². The Labute approximate surface area is 107 Å². The Hall–Kier alpha value is -1.73. The molecule has 0 unspecified atom stereocenters. The molecule has 96 valence electrons. The van der Waals surface area contributed by atoms with Gasteiger partial charge in [0.05, 0.1) is 24.8 Å². The van der Waals surface area contributed by atoms with Crippen molar-refractivity contribution < 1.29 is 14.2 Å². The monoisotopic (exact) mass is 247 g/mol. The Morgan fingerprint density at radius 2 is 2.11 bits per heavy atom. The van der Waals surface area contributed by atoms with Crippen LogP contribution in [-0.4, -0.2) is 20.0 Å². The second-order valence-electron chi connectivity index (χ2n) is 4.28. The topological polar surface area (TPSA) is 51.5 Å². The molecule has 4 heteroatoms. The Bertz CT molecular complexity index is 435. The van der Waals surface area contributed by atoms with Crippen LogP contribution in [0.15, 0.2) is 18.2 Å². The molecule has 1 aromatic rings. The molecule has 0 amide bonds.